The third-order valence-electron chi connectivity index (χ3n) is 3.47. The van der Waals surface area contributed by atoms with E-state index in [-0.39, 0.29) is 5.91 Å². The summed E-state index contributed by atoms with van der Waals surface area (Å²) in [4.78, 5) is 16.8. The molecular formula is C19H18N2O2S. The van der Waals surface area contributed by atoms with Gasteiger partial charge in [0.25, 0.3) is 5.91 Å². The highest BCUT2D eigenvalue weighted by Crippen LogP contribution is 2.20. The molecule has 1 amide bonds. The zero-order valence-corrected chi connectivity index (χ0v) is 14.2. The van der Waals surface area contributed by atoms with Crippen molar-refractivity contribution in [2.24, 2.45) is 0 Å². The molecule has 0 aliphatic carbocycles. The van der Waals surface area contributed by atoms with Crippen LogP contribution in [0.4, 0.5) is 0 Å². The summed E-state index contributed by atoms with van der Waals surface area (Å²) in [5.74, 6) is 0.414. The van der Waals surface area contributed by atoms with E-state index in [9.17, 15) is 4.79 Å². The SMILES string of the molecule is Cc1nc(COc2ccccc2C(=O)NCc2ccccc2)cs1. The van der Waals surface area contributed by atoms with Crippen LogP contribution in [0.15, 0.2) is 60.0 Å². The van der Waals surface area contributed by atoms with E-state index in [0.29, 0.717) is 24.5 Å². The first-order valence-corrected chi connectivity index (χ1v) is 8.55. The van der Waals surface area contributed by atoms with Crippen LogP contribution in [-0.2, 0) is 13.2 Å². The van der Waals surface area contributed by atoms with E-state index in [4.69, 9.17) is 4.74 Å². The molecule has 1 aromatic heterocycles. The number of ether oxygens (including phenoxy) is 1. The quantitative estimate of drug-likeness (QED) is 0.740. The summed E-state index contributed by atoms with van der Waals surface area (Å²) in [6, 6.07) is 17.1. The molecule has 0 spiro atoms. The standard InChI is InChI=1S/C19H18N2O2S/c1-14-21-16(13-24-14)12-23-18-10-6-5-9-17(18)19(22)20-11-15-7-3-2-4-8-15/h2-10,13H,11-12H2,1H3,(H,20,22). The van der Waals surface area contributed by atoms with Gasteiger partial charge in [-0.2, -0.15) is 0 Å². The molecule has 0 fully saturated rings. The lowest BCUT2D eigenvalue weighted by Gasteiger charge is -2.11. The minimum atomic E-state index is -0.149. The normalized spacial score (nSPS) is 10.4. The first kappa shape index (κ1) is 16.2. The number of carbonyl (C=O) groups is 1. The van der Waals surface area contributed by atoms with Gasteiger partial charge in [0, 0.05) is 11.9 Å². The van der Waals surface area contributed by atoms with Crippen molar-refractivity contribution in [3.63, 3.8) is 0 Å². The maximum atomic E-state index is 12.4. The van der Waals surface area contributed by atoms with Gasteiger partial charge in [0.1, 0.15) is 12.4 Å². The average Bonchev–Trinajstić information content (AvgIpc) is 3.04. The number of nitrogens with one attached hydrogen (secondary N) is 1. The molecule has 0 saturated carbocycles. The monoisotopic (exact) mass is 338 g/mol. The molecule has 3 rings (SSSR count). The van der Waals surface area contributed by atoms with E-state index in [1.54, 1.807) is 23.5 Å². The lowest BCUT2D eigenvalue weighted by atomic mass is 10.1. The van der Waals surface area contributed by atoms with E-state index >= 15 is 0 Å². The zero-order valence-electron chi connectivity index (χ0n) is 13.4. The van der Waals surface area contributed by atoms with Crippen LogP contribution < -0.4 is 10.1 Å². The van der Waals surface area contributed by atoms with Crippen LogP contribution in [0.3, 0.4) is 0 Å². The third kappa shape index (κ3) is 4.20. The van der Waals surface area contributed by atoms with E-state index in [1.807, 2.05) is 54.8 Å². The van der Waals surface area contributed by atoms with Crippen LogP contribution in [0.5, 0.6) is 5.75 Å². The molecule has 0 saturated heterocycles. The molecule has 0 bridgehead atoms. The van der Waals surface area contributed by atoms with Crippen LogP contribution in [0.25, 0.3) is 0 Å². The van der Waals surface area contributed by atoms with Crippen LogP contribution in [0.1, 0.15) is 26.6 Å². The second-order valence-electron chi connectivity index (χ2n) is 5.31. The van der Waals surface area contributed by atoms with Crippen LogP contribution in [0.2, 0.25) is 0 Å². The van der Waals surface area contributed by atoms with Crippen molar-refractivity contribution in [1.82, 2.24) is 10.3 Å². The molecule has 1 heterocycles. The van der Waals surface area contributed by atoms with Crippen molar-refractivity contribution in [2.75, 3.05) is 0 Å². The Morgan fingerprint density at radius 3 is 2.62 bits per heavy atom. The Hall–Kier alpha value is -2.66. The molecule has 0 aliphatic heterocycles. The van der Waals surface area contributed by atoms with Gasteiger partial charge in [-0.3, -0.25) is 4.79 Å². The fraction of sp³-hybridized carbons (Fsp3) is 0.158. The number of rotatable bonds is 6. The molecular weight excluding hydrogens is 320 g/mol. The molecule has 0 radical (unpaired) electrons. The van der Waals surface area contributed by atoms with E-state index in [0.717, 1.165) is 16.3 Å². The molecule has 5 heteroatoms. The Kier molecular flexibility index (Phi) is 5.23. The number of hydrogen-bond acceptors (Lipinski definition) is 4. The van der Waals surface area contributed by atoms with Gasteiger partial charge >= 0.3 is 0 Å². The van der Waals surface area contributed by atoms with Crippen LogP contribution in [-0.4, -0.2) is 10.9 Å². The highest BCUT2D eigenvalue weighted by Gasteiger charge is 2.12. The second kappa shape index (κ2) is 7.75. The molecule has 24 heavy (non-hydrogen) atoms. The summed E-state index contributed by atoms with van der Waals surface area (Å²) in [5, 5.41) is 5.89. The summed E-state index contributed by atoms with van der Waals surface area (Å²) in [6.45, 7) is 2.80. The van der Waals surface area contributed by atoms with E-state index in [2.05, 4.69) is 10.3 Å². The van der Waals surface area contributed by atoms with E-state index < -0.39 is 0 Å². The summed E-state index contributed by atoms with van der Waals surface area (Å²) in [6.07, 6.45) is 0. The van der Waals surface area contributed by atoms with Gasteiger partial charge in [-0.1, -0.05) is 42.5 Å². The Balaban J connectivity index is 1.65. The first-order valence-electron chi connectivity index (χ1n) is 7.67. The maximum Gasteiger partial charge on any atom is 0.255 e. The lowest BCUT2D eigenvalue weighted by Crippen LogP contribution is -2.23. The molecule has 0 atom stereocenters. The van der Waals surface area contributed by atoms with Crippen molar-refractivity contribution < 1.29 is 9.53 Å². The first-order chi connectivity index (χ1) is 11.7. The largest absolute Gasteiger partial charge is 0.486 e. The summed E-state index contributed by atoms with van der Waals surface area (Å²) >= 11 is 1.59. The number of para-hydroxylation sites is 1. The summed E-state index contributed by atoms with van der Waals surface area (Å²) < 4.78 is 5.79. The molecule has 3 aromatic rings. The molecule has 1 N–H and O–H groups in total. The number of aryl methyl sites for hydroxylation is 1. The Labute approximate surface area is 145 Å². The smallest absolute Gasteiger partial charge is 0.255 e. The fourth-order valence-electron chi connectivity index (χ4n) is 2.28. The predicted octanol–water partition coefficient (Wildman–Crippen LogP) is 3.96. The molecule has 4 nitrogen and oxygen atoms in total. The predicted molar refractivity (Wildman–Crippen MR) is 95.2 cm³/mol. The second-order valence-corrected chi connectivity index (χ2v) is 6.37. The highest BCUT2D eigenvalue weighted by atomic mass is 32.1. The zero-order chi connectivity index (χ0) is 16.8. The Bertz CT molecular complexity index is 815. The van der Waals surface area contributed by atoms with E-state index in [1.165, 1.54) is 0 Å². The van der Waals surface area contributed by atoms with Gasteiger partial charge in [0.15, 0.2) is 0 Å². The number of amides is 1. The number of aromatic nitrogens is 1. The van der Waals surface area contributed by atoms with Crippen molar-refractivity contribution in [3.8, 4) is 5.75 Å². The number of carbonyl (C=O) groups excluding carboxylic acids is 1. The maximum absolute atomic E-state index is 12.4. The van der Waals surface area contributed by atoms with Gasteiger partial charge in [-0.05, 0) is 24.6 Å². The molecule has 2 aromatic carbocycles. The fourth-order valence-corrected chi connectivity index (χ4v) is 2.88. The average molecular weight is 338 g/mol. The van der Waals surface area contributed by atoms with Crippen LogP contribution >= 0.6 is 11.3 Å². The number of benzene rings is 2. The topological polar surface area (TPSA) is 51.2 Å². The van der Waals surface area contributed by atoms with Gasteiger partial charge in [0.05, 0.1) is 16.3 Å². The lowest BCUT2D eigenvalue weighted by molar-refractivity contribution is 0.0946. The van der Waals surface area contributed by atoms with Gasteiger partial charge in [0.2, 0.25) is 0 Å². The summed E-state index contributed by atoms with van der Waals surface area (Å²) in [7, 11) is 0. The van der Waals surface area contributed by atoms with Gasteiger partial charge < -0.3 is 10.1 Å². The number of nitrogens with zero attached hydrogens (tertiary/aromatic N) is 1. The Morgan fingerprint density at radius 1 is 1.12 bits per heavy atom. The molecule has 0 aliphatic rings. The summed E-state index contributed by atoms with van der Waals surface area (Å²) in [5.41, 5.74) is 2.46. The van der Waals surface area contributed by atoms with Crippen molar-refractivity contribution in [3.05, 3.63) is 81.8 Å². The van der Waals surface area contributed by atoms with Crippen molar-refractivity contribution in [1.29, 1.82) is 0 Å². The third-order valence-corrected chi connectivity index (χ3v) is 4.29. The minimum absolute atomic E-state index is 0.149. The van der Waals surface area contributed by atoms with Crippen molar-refractivity contribution in [2.45, 2.75) is 20.1 Å². The minimum Gasteiger partial charge on any atom is -0.486 e. The van der Waals surface area contributed by atoms with Crippen LogP contribution in [0, 0.1) is 6.92 Å². The molecule has 0 unspecified atom stereocenters. The number of hydrogen-bond donors (Lipinski definition) is 1. The number of thiazole rings is 1. The van der Waals surface area contributed by atoms with Gasteiger partial charge in [-0.15, -0.1) is 11.3 Å². The highest BCUT2D eigenvalue weighted by molar-refractivity contribution is 7.09. The molecule has 122 valence electrons. The van der Waals surface area contributed by atoms with Gasteiger partial charge in [-0.25, -0.2) is 4.98 Å². The van der Waals surface area contributed by atoms with Crippen molar-refractivity contribution >= 4 is 17.2 Å². The Morgan fingerprint density at radius 2 is 1.88 bits per heavy atom.